The highest BCUT2D eigenvalue weighted by Gasteiger charge is 2.27. The molecule has 23 heavy (non-hydrogen) atoms. The first kappa shape index (κ1) is 18.5. The van der Waals surface area contributed by atoms with Gasteiger partial charge in [-0.05, 0) is 18.1 Å². The predicted molar refractivity (Wildman–Crippen MR) is 85.2 cm³/mol. The van der Waals surface area contributed by atoms with E-state index in [2.05, 4.69) is 15.4 Å². The first-order valence-electron chi connectivity index (χ1n) is 7.27. The molecule has 7 nitrogen and oxygen atoms in total. The van der Waals surface area contributed by atoms with E-state index in [4.69, 9.17) is 4.74 Å². The van der Waals surface area contributed by atoms with Gasteiger partial charge in [0.15, 0.2) is 0 Å². The van der Waals surface area contributed by atoms with E-state index in [0.29, 0.717) is 12.1 Å². The predicted octanol–water partition coefficient (Wildman–Crippen LogP) is 2.18. The fourth-order valence-electron chi connectivity index (χ4n) is 1.98. The molecule has 1 rings (SSSR count). The molecule has 0 radical (unpaired) electrons. The molecule has 0 aliphatic heterocycles. The van der Waals surface area contributed by atoms with Gasteiger partial charge in [-0.25, -0.2) is 14.4 Å². The molecule has 0 aliphatic carbocycles. The van der Waals surface area contributed by atoms with Gasteiger partial charge < -0.3 is 20.1 Å². The van der Waals surface area contributed by atoms with E-state index in [0.717, 1.165) is 0 Å². The minimum atomic E-state index is -0.768. The third-order valence-corrected chi connectivity index (χ3v) is 3.54. The van der Waals surface area contributed by atoms with Gasteiger partial charge in [-0.3, -0.25) is 0 Å². The Morgan fingerprint density at radius 1 is 1.13 bits per heavy atom. The number of urea groups is 1. The van der Waals surface area contributed by atoms with Crippen molar-refractivity contribution in [1.82, 2.24) is 5.32 Å². The zero-order valence-electron chi connectivity index (χ0n) is 13.7. The maximum absolute atomic E-state index is 12.1. The average molecular weight is 322 g/mol. The number of nitrogens with one attached hydrogen (secondary N) is 2. The number of benzene rings is 1. The summed E-state index contributed by atoms with van der Waals surface area (Å²) in [7, 11) is 2.53. The molecule has 0 aromatic heterocycles. The molecule has 126 valence electrons. The Morgan fingerprint density at radius 3 is 2.35 bits per heavy atom. The molecule has 0 saturated carbocycles. The Hall–Kier alpha value is -2.57. The van der Waals surface area contributed by atoms with E-state index in [9.17, 15) is 14.4 Å². The van der Waals surface area contributed by atoms with E-state index in [1.54, 1.807) is 18.2 Å². The molecular weight excluding hydrogens is 300 g/mol. The number of para-hydroxylation sites is 1. The Morgan fingerprint density at radius 2 is 1.78 bits per heavy atom. The topological polar surface area (TPSA) is 93.7 Å². The van der Waals surface area contributed by atoms with Crippen molar-refractivity contribution in [2.24, 2.45) is 5.92 Å². The summed E-state index contributed by atoms with van der Waals surface area (Å²) in [6, 6.07) is 5.07. The molecule has 1 aromatic rings. The van der Waals surface area contributed by atoms with E-state index >= 15 is 0 Å². The second-order valence-electron chi connectivity index (χ2n) is 5.02. The molecule has 0 saturated heterocycles. The van der Waals surface area contributed by atoms with Crippen LogP contribution in [-0.2, 0) is 14.3 Å². The van der Waals surface area contributed by atoms with Crippen LogP contribution in [0.5, 0.6) is 0 Å². The molecule has 0 heterocycles. The van der Waals surface area contributed by atoms with Crippen molar-refractivity contribution in [2.75, 3.05) is 19.5 Å². The maximum Gasteiger partial charge on any atom is 0.339 e. The average Bonchev–Trinajstić information content (AvgIpc) is 2.58. The Labute approximate surface area is 135 Å². The number of hydrogen-bond acceptors (Lipinski definition) is 5. The maximum atomic E-state index is 12.1. The second kappa shape index (κ2) is 8.77. The van der Waals surface area contributed by atoms with E-state index in [1.165, 1.54) is 20.3 Å². The van der Waals surface area contributed by atoms with Crippen molar-refractivity contribution in [3.63, 3.8) is 0 Å². The van der Waals surface area contributed by atoms with Crippen LogP contribution in [0, 0.1) is 5.92 Å². The highest BCUT2D eigenvalue weighted by atomic mass is 16.5. The SMILES string of the molecule is CCC(C)C(NC(=O)Nc1ccccc1C(=O)OC)C(=O)OC. The first-order chi connectivity index (χ1) is 10.9. The van der Waals surface area contributed by atoms with Crippen LogP contribution in [0.2, 0.25) is 0 Å². The number of carbonyl (C=O) groups excluding carboxylic acids is 3. The fourth-order valence-corrected chi connectivity index (χ4v) is 1.98. The summed E-state index contributed by atoms with van der Waals surface area (Å²) in [6.45, 7) is 3.75. The second-order valence-corrected chi connectivity index (χ2v) is 5.02. The zero-order chi connectivity index (χ0) is 17.4. The van der Waals surface area contributed by atoms with Gasteiger partial charge in [-0.15, -0.1) is 0 Å². The van der Waals surface area contributed by atoms with Gasteiger partial charge in [0.25, 0.3) is 0 Å². The summed E-state index contributed by atoms with van der Waals surface area (Å²) < 4.78 is 9.38. The van der Waals surface area contributed by atoms with Crippen molar-refractivity contribution >= 4 is 23.7 Å². The summed E-state index contributed by atoms with van der Waals surface area (Å²) in [5.74, 6) is -1.17. The van der Waals surface area contributed by atoms with Crippen molar-refractivity contribution in [1.29, 1.82) is 0 Å². The number of hydrogen-bond donors (Lipinski definition) is 2. The van der Waals surface area contributed by atoms with Crippen LogP contribution in [0.3, 0.4) is 0 Å². The Bertz CT molecular complexity index is 573. The standard InChI is InChI=1S/C16H22N2O5/c1-5-10(2)13(15(20)23-4)18-16(21)17-12-9-7-6-8-11(12)14(19)22-3/h6-10,13H,5H2,1-4H3,(H2,17,18,21). The highest BCUT2D eigenvalue weighted by molar-refractivity contribution is 6.01. The third-order valence-electron chi connectivity index (χ3n) is 3.54. The van der Waals surface area contributed by atoms with E-state index in [1.807, 2.05) is 13.8 Å². The summed E-state index contributed by atoms with van der Waals surface area (Å²) in [4.78, 5) is 35.6. The molecule has 0 bridgehead atoms. The summed E-state index contributed by atoms with van der Waals surface area (Å²) >= 11 is 0. The number of methoxy groups -OCH3 is 2. The van der Waals surface area contributed by atoms with Crippen molar-refractivity contribution < 1.29 is 23.9 Å². The quantitative estimate of drug-likeness (QED) is 0.783. The number of rotatable bonds is 6. The van der Waals surface area contributed by atoms with E-state index < -0.39 is 24.0 Å². The lowest BCUT2D eigenvalue weighted by Gasteiger charge is -2.22. The van der Waals surface area contributed by atoms with Crippen molar-refractivity contribution in [3.05, 3.63) is 29.8 Å². The molecule has 2 unspecified atom stereocenters. The minimum absolute atomic E-state index is 0.0935. The van der Waals surface area contributed by atoms with Gasteiger partial charge in [-0.1, -0.05) is 32.4 Å². The molecule has 0 aliphatic rings. The number of carbonyl (C=O) groups is 3. The monoisotopic (exact) mass is 322 g/mol. The van der Waals surface area contributed by atoms with Crippen LogP contribution in [0.25, 0.3) is 0 Å². The van der Waals surface area contributed by atoms with Crippen LogP contribution in [0.15, 0.2) is 24.3 Å². The molecule has 2 amide bonds. The normalized spacial score (nSPS) is 12.7. The third kappa shape index (κ3) is 4.98. The minimum Gasteiger partial charge on any atom is -0.467 e. The zero-order valence-corrected chi connectivity index (χ0v) is 13.7. The number of amides is 2. The smallest absolute Gasteiger partial charge is 0.339 e. The van der Waals surface area contributed by atoms with Gasteiger partial charge in [0.1, 0.15) is 6.04 Å². The van der Waals surface area contributed by atoms with Crippen LogP contribution < -0.4 is 10.6 Å². The lowest BCUT2D eigenvalue weighted by Crippen LogP contribution is -2.47. The summed E-state index contributed by atoms with van der Waals surface area (Å²) in [6.07, 6.45) is 0.693. The Balaban J connectivity index is 2.87. The van der Waals surface area contributed by atoms with Crippen LogP contribution in [0.1, 0.15) is 30.6 Å². The van der Waals surface area contributed by atoms with E-state index in [-0.39, 0.29) is 11.5 Å². The molecule has 0 spiro atoms. The van der Waals surface area contributed by atoms with Gasteiger partial charge in [-0.2, -0.15) is 0 Å². The molecule has 1 aromatic carbocycles. The molecule has 0 fully saturated rings. The lowest BCUT2D eigenvalue weighted by molar-refractivity contribution is -0.144. The molecule has 2 atom stereocenters. The van der Waals surface area contributed by atoms with Crippen LogP contribution in [0.4, 0.5) is 10.5 Å². The summed E-state index contributed by atoms with van der Waals surface area (Å²) in [5.41, 5.74) is 0.521. The molecule has 7 heteroatoms. The first-order valence-corrected chi connectivity index (χ1v) is 7.27. The number of ether oxygens (including phenoxy) is 2. The largest absolute Gasteiger partial charge is 0.467 e. The molecule has 2 N–H and O–H groups in total. The van der Waals surface area contributed by atoms with Gasteiger partial charge >= 0.3 is 18.0 Å². The van der Waals surface area contributed by atoms with Gasteiger partial charge in [0, 0.05) is 0 Å². The van der Waals surface area contributed by atoms with Crippen LogP contribution >= 0.6 is 0 Å². The van der Waals surface area contributed by atoms with Gasteiger partial charge in [0.2, 0.25) is 0 Å². The highest BCUT2D eigenvalue weighted by Crippen LogP contribution is 2.16. The lowest BCUT2D eigenvalue weighted by atomic mass is 9.99. The number of anilines is 1. The van der Waals surface area contributed by atoms with Crippen molar-refractivity contribution in [2.45, 2.75) is 26.3 Å². The van der Waals surface area contributed by atoms with Crippen LogP contribution in [-0.4, -0.2) is 38.2 Å². The van der Waals surface area contributed by atoms with Crippen molar-refractivity contribution in [3.8, 4) is 0 Å². The number of esters is 2. The Kier molecular flexibility index (Phi) is 7.05. The fraction of sp³-hybridized carbons (Fsp3) is 0.438. The van der Waals surface area contributed by atoms with Gasteiger partial charge in [0.05, 0.1) is 25.5 Å². The molecular formula is C16H22N2O5. The summed E-state index contributed by atoms with van der Waals surface area (Å²) in [5, 5.41) is 5.13.